The number of nitrogens with one attached hydrogen (secondary N) is 1. The van der Waals surface area contributed by atoms with Crippen LogP contribution in [-0.2, 0) is 21.4 Å². The first kappa shape index (κ1) is 18.8. The van der Waals surface area contributed by atoms with Gasteiger partial charge in [-0.3, -0.25) is 4.79 Å². The number of ether oxygens (including phenoxy) is 2. The fraction of sp³-hybridized carbons (Fsp3) is 0.312. The Bertz CT molecular complexity index is 817. The molecule has 0 saturated heterocycles. The standard InChI is InChI=1S/C16H20N2O6S/c1-22-14-7-6-12(9-15(14)23-2)17-16(19)11-18(25(3,20)21)10-13-5-4-8-24-13/h4-9H,10-11H2,1-3H3,(H,17,19). The van der Waals surface area contributed by atoms with Gasteiger partial charge in [0, 0.05) is 11.8 Å². The van der Waals surface area contributed by atoms with Gasteiger partial charge in [0.05, 0.1) is 39.8 Å². The molecule has 2 rings (SSSR count). The molecule has 1 amide bonds. The van der Waals surface area contributed by atoms with Gasteiger partial charge in [-0.15, -0.1) is 0 Å². The highest BCUT2D eigenvalue weighted by Crippen LogP contribution is 2.29. The Morgan fingerprint density at radius 1 is 1.20 bits per heavy atom. The largest absolute Gasteiger partial charge is 0.493 e. The molecule has 0 fully saturated rings. The van der Waals surface area contributed by atoms with Gasteiger partial charge in [-0.1, -0.05) is 0 Å². The topological polar surface area (TPSA) is 98.1 Å². The number of amides is 1. The van der Waals surface area contributed by atoms with Crippen LogP contribution >= 0.6 is 0 Å². The van der Waals surface area contributed by atoms with Crippen molar-refractivity contribution in [2.45, 2.75) is 6.54 Å². The van der Waals surface area contributed by atoms with E-state index in [4.69, 9.17) is 13.9 Å². The third kappa shape index (κ3) is 5.23. The Hall–Kier alpha value is -2.52. The van der Waals surface area contributed by atoms with Crippen LogP contribution in [0.5, 0.6) is 11.5 Å². The van der Waals surface area contributed by atoms with Gasteiger partial charge in [-0.05, 0) is 24.3 Å². The predicted octanol–water partition coefficient (Wildman–Crippen LogP) is 1.70. The van der Waals surface area contributed by atoms with Gasteiger partial charge in [-0.25, -0.2) is 8.42 Å². The molecule has 1 aromatic heterocycles. The van der Waals surface area contributed by atoms with Crippen molar-refractivity contribution in [2.75, 3.05) is 32.3 Å². The van der Waals surface area contributed by atoms with E-state index in [-0.39, 0.29) is 13.1 Å². The van der Waals surface area contributed by atoms with Crippen molar-refractivity contribution < 1.29 is 27.1 Å². The number of hydrogen-bond acceptors (Lipinski definition) is 6. The summed E-state index contributed by atoms with van der Waals surface area (Å²) in [5.74, 6) is 0.945. The maximum atomic E-state index is 12.2. The van der Waals surface area contributed by atoms with E-state index in [1.165, 1.54) is 20.5 Å². The molecule has 0 spiro atoms. The van der Waals surface area contributed by atoms with Gasteiger partial charge in [0.15, 0.2) is 11.5 Å². The van der Waals surface area contributed by atoms with Crippen LogP contribution in [0.2, 0.25) is 0 Å². The lowest BCUT2D eigenvalue weighted by Gasteiger charge is -2.18. The van der Waals surface area contributed by atoms with E-state index < -0.39 is 15.9 Å². The summed E-state index contributed by atoms with van der Waals surface area (Å²) in [4.78, 5) is 12.2. The number of sulfonamides is 1. The molecule has 1 heterocycles. The SMILES string of the molecule is COc1ccc(NC(=O)CN(Cc2ccco2)S(C)(=O)=O)cc1OC. The van der Waals surface area contributed by atoms with Gasteiger partial charge in [0.2, 0.25) is 15.9 Å². The Balaban J connectivity index is 2.08. The van der Waals surface area contributed by atoms with E-state index in [9.17, 15) is 13.2 Å². The second-order valence-corrected chi connectivity index (χ2v) is 7.21. The molecule has 0 unspecified atom stereocenters. The quantitative estimate of drug-likeness (QED) is 0.761. The molecule has 136 valence electrons. The smallest absolute Gasteiger partial charge is 0.239 e. The number of furan rings is 1. The van der Waals surface area contributed by atoms with Gasteiger partial charge >= 0.3 is 0 Å². The second kappa shape index (κ2) is 8.04. The zero-order valence-electron chi connectivity index (χ0n) is 14.2. The molecule has 0 radical (unpaired) electrons. The van der Waals surface area contributed by atoms with E-state index in [0.29, 0.717) is 22.9 Å². The second-order valence-electron chi connectivity index (χ2n) is 5.23. The molecule has 0 aliphatic heterocycles. The normalized spacial score (nSPS) is 11.4. The molecule has 9 heteroatoms. The minimum absolute atomic E-state index is 0.0226. The summed E-state index contributed by atoms with van der Waals surface area (Å²) < 4.78 is 40.3. The first-order valence-electron chi connectivity index (χ1n) is 7.33. The fourth-order valence-corrected chi connectivity index (χ4v) is 2.85. The summed E-state index contributed by atoms with van der Waals surface area (Å²) in [6, 6.07) is 8.17. The Kier molecular flexibility index (Phi) is 6.05. The van der Waals surface area contributed by atoms with Gasteiger partial charge in [0.25, 0.3) is 0 Å². The Labute approximate surface area is 146 Å². The lowest BCUT2D eigenvalue weighted by Crippen LogP contribution is -2.36. The van der Waals surface area contributed by atoms with Crippen LogP contribution in [0.25, 0.3) is 0 Å². The molecule has 0 bridgehead atoms. The van der Waals surface area contributed by atoms with Crippen LogP contribution in [0.15, 0.2) is 41.0 Å². The minimum atomic E-state index is -3.58. The molecular weight excluding hydrogens is 348 g/mol. The molecular formula is C16H20N2O6S. The summed E-state index contributed by atoms with van der Waals surface area (Å²) in [6.07, 6.45) is 2.49. The fourth-order valence-electron chi connectivity index (χ4n) is 2.14. The zero-order valence-corrected chi connectivity index (χ0v) is 15.0. The van der Waals surface area contributed by atoms with Crippen molar-refractivity contribution in [2.24, 2.45) is 0 Å². The number of rotatable bonds is 8. The summed E-state index contributed by atoms with van der Waals surface area (Å²) in [5.41, 5.74) is 0.467. The number of hydrogen-bond donors (Lipinski definition) is 1. The number of carbonyl (C=O) groups excluding carboxylic acids is 1. The van der Waals surface area contributed by atoms with E-state index in [2.05, 4.69) is 5.32 Å². The number of methoxy groups -OCH3 is 2. The monoisotopic (exact) mass is 368 g/mol. The highest BCUT2D eigenvalue weighted by Gasteiger charge is 2.22. The van der Waals surface area contributed by atoms with Crippen molar-refractivity contribution in [3.05, 3.63) is 42.4 Å². The van der Waals surface area contributed by atoms with Crippen molar-refractivity contribution in [3.63, 3.8) is 0 Å². The molecule has 0 atom stereocenters. The number of nitrogens with zero attached hydrogens (tertiary/aromatic N) is 1. The summed E-state index contributed by atoms with van der Waals surface area (Å²) in [5, 5.41) is 2.64. The van der Waals surface area contributed by atoms with E-state index >= 15 is 0 Å². The van der Waals surface area contributed by atoms with Crippen molar-refractivity contribution in [1.29, 1.82) is 0 Å². The predicted molar refractivity (Wildman–Crippen MR) is 92.1 cm³/mol. The van der Waals surface area contributed by atoms with Crippen LogP contribution in [0, 0.1) is 0 Å². The van der Waals surface area contributed by atoms with Crippen LogP contribution < -0.4 is 14.8 Å². The van der Waals surface area contributed by atoms with Gasteiger partial charge < -0.3 is 19.2 Å². The molecule has 8 nitrogen and oxygen atoms in total. The minimum Gasteiger partial charge on any atom is -0.493 e. The molecule has 25 heavy (non-hydrogen) atoms. The number of anilines is 1. The first-order chi connectivity index (χ1) is 11.8. The van der Waals surface area contributed by atoms with Crippen LogP contribution in [0.4, 0.5) is 5.69 Å². The van der Waals surface area contributed by atoms with Gasteiger partial charge in [-0.2, -0.15) is 4.31 Å². The molecule has 1 aromatic carbocycles. The molecule has 0 aliphatic rings. The molecule has 0 aliphatic carbocycles. The summed E-state index contributed by atoms with van der Waals surface area (Å²) >= 11 is 0. The van der Waals surface area contributed by atoms with E-state index in [1.807, 2.05) is 0 Å². The highest BCUT2D eigenvalue weighted by molar-refractivity contribution is 7.88. The molecule has 2 aromatic rings. The van der Waals surface area contributed by atoms with E-state index in [0.717, 1.165) is 10.6 Å². The highest BCUT2D eigenvalue weighted by atomic mass is 32.2. The average Bonchev–Trinajstić information content (AvgIpc) is 3.06. The summed E-state index contributed by atoms with van der Waals surface area (Å²) in [6.45, 7) is -0.362. The van der Waals surface area contributed by atoms with Gasteiger partial charge in [0.1, 0.15) is 5.76 Å². The van der Waals surface area contributed by atoms with E-state index in [1.54, 1.807) is 30.3 Å². The maximum Gasteiger partial charge on any atom is 0.239 e. The maximum absolute atomic E-state index is 12.2. The number of carbonyl (C=O) groups is 1. The average molecular weight is 368 g/mol. The lowest BCUT2D eigenvalue weighted by molar-refractivity contribution is -0.116. The third-order valence-corrected chi connectivity index (χ3v) is 4.56. The zero-order chi connectivity index (χ0) is 18.4. The third-order valence-electron chi connectivity index (χ3n) is 3.37. The Morgan fingerprint density at radius 3 is 2.48 bits per heavy atom. The Morgan fingerprint density at radius 2 is 1.92 bits per heavy atom. The molecule has 0 saturated carbocycles. The van der Waals surface area contributed by atoms with Crippen LogP contribution in [0.1, 0.15) is 5.76 Å². The van der Waals surface area contributed by atoms with Crippen molar-refractivity contribution >= 4 is 21.6 Å². The lowest BCUT2D eigenvalue weighted by atomic mass is 10.2. The number of benzene rings is 1. The van der Waals surface area contributed by atoms with Crippen molar-refractivity contribution in [1.82, 2.24) is 4.31 Å². The first-order valence-corrected chi connectivity index (χ1v) is 9.17. The van der Waals surface area contributed by atoms with Crippen LogP contribution in [0.3, 0.4) is 0 Å². The van der Waals surface area contributed by atoms with Crippen LogP contribution in [-0.4, -0.2) is 45.7 Å². The summed E-state index contributed by atoms with van der Waals surface area (Å²) in [7, 11) is -0.591. The van der Waals surface area contributed by atoms with Crippen molar-refractivity contribution in [3.8, 4) is 11.5 Å². The molecule has 1 N–H and O–H groups in total.